The first-order valence-electron chi connectivity index (χ1n) is 6.49. The van der Waals surface area contributed by atoms with E-state index in [4.69, 9.17) is 5.73 Å². The molecule has 1 aromatic rings. The first kappa shape index (κ1) is 13.2. The van der Waals surface area contributed by atoms with Crippen LogP contribution in [0.25, 0.3) is 0 Å². The highest BCUT2D eigenvalue weighted by atomic mass is 15.1. The molecular formula is C13H23N5. The number of rotatable bonds is 4. The SMILES string of the molecule is CN1CCC(c2cnc(NC(C)(C)CN)nc2)C1. The van der Waals surface area contributed by atoms with Crippen molar-refractivity contribution < 1.29 is 0 Å². The molecule has 1 aliphatic heterocycles. The molecule has 1 fully saturated rings. The van der Waals surface area contributed by atoms with Gasteiger partial charge in [-0.2, -0.15) is 0 Å². The summed E-state index contributed by atoms with van der Waals surface area (Å²) in [6.07, 6.45) is 5.07. The van der Waals surface area contributed by atoms with Crippen molar-refractivity contribution in [1.29, 1.82) is 0 Å². The Labute approximate surface area is 109 Å². The fourth-order valence-corrected chi connectivity index (χ4v) is 2.17. The number of hydrogen-bond acceptors (Lipinski definition) is 5. The normalized spacial score (nSPS) is 21.2. The maximum Gasteiger partial charge on any atom is 0.223 e. The summed E-state index contributed by atoms with van der Waals surface area (Å²) >= 11 is 0. The molecule has 1 aliphatic rings. The molecule has 5 nitrogen and oxygen atoms in total. The molecule has 0 saturated carbocycles. The predicted molar refractivity (Wildman–Crippen MR) is 73.6 cm³/mol. The molecule has 0 radical (unpaired) electrons. The van der Waals surface area contributed by atoms with Gasteiger partial charge in [-0.3, -0.25) is 0 Å². The first-order chi connectivity index (χ1) is 8.50. The number of aromatic nitrogens is 2. The van der Waals surface area contributed by atoms with Crippen molar-refractivity contribution >= 4 is 5.95 Å². The second-order valence-electron chi connectivity index (χ2n) is 5.80. The van der Waals surface area contributed by atoms with Gasteiger partial charge in [0.1, 0.15) is 0 Å². The maximum absolute atomic E-state index is 5.68. The number of hydrogen-bond donors (Lipinski definition) is 2. The lowest BCUT2D eigenvalue weighted by atomic mass is 10.0. The second-order valence-corrected chi connectivity index (χ2v) is 5.80. The first-order valence-corrected chi connectivity index (χ1v) is 6.49. The summed E-state index contributed by atoms with van der Waals surface area (Å²) in [5.41, 5.74) is 6.74. The summed E-state index contributed by atoms with van der Waals surface area (Å²) in [6, 6.07) is 0. The average molecular weight is 249 g/mol. The lowest BCUT2D eigenvalue weighted by Gasteiger charge is -2.24. The van der Waals surface area contributed by atoms with Crippen LogP contribution in [0.4, 0.5) is 5.95 Å². The van der Waals surface area contributed by atoms with E-state index in [1.807, 2.05) is 26.2 Å². The maximum atomic E-state index is 5.68. The van der Waals surface area contributed by atoms with Crippen LogP contribution < -0.4 is 11.1 Å². The van der Waals surface area contributed by atoms with Crippen molar-refractivity contribution in [1.82, 2.24) is 14.9 Å². The largest absolute Gasteiger partial charge is 0.348 e. The molecule has 1 unspecified atom stereocenters. The molecule has 2 heterocycles. The zero-order valence-electron chi connectivity index (χ0n) is 11.5. The van der Waals surface area contributed by atoms with E-state index in [0.717, 1.165) is 13.1 Å². The number of nitrogens with two attached hydrogens (primary N) is 1. The Balaban J connectivity index is 2.01. The van der Waals surface area contributed by atoms with E-state index in [2.05, 4.69) is 27.2 Å². The zero-order valence-corrected chi connectivity index (χ0v) is 11.5. The number of nitrogens with one attached hydrogen (secondary N) is 1. The van der Waals surface area contributed by atoms with E-state index in [9.17, 15) is 0 Å². The Morgan fingerprint density at radius 2 is 2.11 bits per heavy atom. The van der Waals surface area contributed by atoms with Crippen LogP contribution in [0.1, 0.15) is 31.7 Å². The minimum absolute atomic E-state index is 0.172. The second kappa shape index (κ2) is 5.20. The van der Waals surface area contributed by atoms with Crippen LogP contribution in [0, 0.1) is 0 Å². The quantitative estimate of drug-likeness (QED) is 0.834. The summed E-state index contributed by atoms with van der Waals surface area (Å²) < 4.78 is 0. The van der Waals surface area contributed by atoms with Crippen LogP contribution in [0.3, 0.4) is 0 Å². The van der Waals surface area contributed by atoms with Crippen molar-refractivity contribution in [2.45, 2.75) is 31.7 Å². The van der Waals surface area contributed by atoms with Crippen LogP contribution in [0.15, 0.2) is 12.4 Å². The average Bonchev–Trinajstić information content (AvgIpc) is 2.76. The van der Waals surface area contributed by atoms with Gasteiger partial charge in [-0.25, -0.2) is 9.97 Å². The molecule has 1 atom stereocenters. The molecule has 0 aliphatic carbocycles. The van der Waals surface area contributed by atoms with Crippen LogP contribution in [0.2, 0.25) is 0 Å². The number of nitrogens with zero attached hydrogens (tertiary/aromatic N) is 3. The van der Waals surface area contributed by atoms with Gasteiger partial charge >= 0.3 is 0 Å². The van der Waals surface area contributed by atoms with Gasteiger partial charge in [-0.15, -0.1) is 0 Å². The Kier molecular flexibility index (Phi) is 3.82. The van der Waals surface area contributed by atoms with Gasteiger partial charge in [0.2, 0.25) is 5.95 Å². The third-order valence-corrected chi connectivity index (χ3v) is 3.50. The monoisotopic (exact) mass is 249 g/mol. The fourth-order valence-electron chi connectivity index (χ4n) is 2.17. The molecule has 100 valence electrons. The minimum atomic E-state index is -0.172. The van der Waals surface area contributed by atoms with Crippen molar-refractivity contribution in [3.05, 3.63) is 18.0 Å². The number of likely N-dealkylation sites (N-methyl/N-ethyl adjacent to an activating group) is 1. The Hall–Kier alpha value is -1.20. The minimum Gasteiger partial charge on any atom is -0.348 e. The summed E-state index contributed by atoms with van der Waals surface area (Å²) in [5, 5.41) is 3.24. The molecule has 1 aromatic heterocycles. The van der Waals surface area contributed by atoms with Gasteiger partial charge in [0, 0.05) is 36.9 Å². The molecule has 3 N–H and O–H groups in total. The number of likely N-dealkylation sites (tertiary alicyclic amines) is 1. The van der Waals surface area contributed by atoms with Crippen LogP contribution in [-0.4, -0.2) is 47.1 Å². The molecule has 5 heteroatoms. The molecule has 1 saturated heterocycles. The molecule has 0 amide bonds. The van der Waals surface area contributed by atoms with E-state index in [1.54, 1.807) is 0 Å². The zero-order chi connectivity index (χ0) is 13.2. The third-order valence-electron chi connectivity index (χ3n) is 3.50. The van der Waals surface area contributed by atoms with Gasteiger partial charge < -0.3 is 16.0 Å². The summed E-state index contributed by atoms with van der Waals surface area (Å²) in [4.78, 5) is 11.1. The van der Waals surface area contributed by atoms with E-state index < -0.39 is 0 Å². The molecule has 18 heavy (non-hydrogen) atoms. The van der Waals surface area contributed by atoms with Crippen LogP contribution >= 0.6 is 0 Å². The van der Waals surface area contributed by atoms with Crippen molar-refractivity contribution in [2.24, 2.45) is 5.73 Å². The predicted octanol–water partition coefficient (Wildman–Crippen LogP) is 1.04. The van der Waals surface area contributed by atoms with Gasteiger partial charge in [0.25, 0.3) is 0 Å². The summed E-state index contributed by atoms with van der Waals surface area (Å²) in [6.45, 7) is 6.88. The number of anilines is 1. The van der Waals surface area contributed by atoms with Crippen molar-refractivity contribution in [2.75, 3.05) is 32.0 Å². The molecule has 0 spiro atoms. The lowest BCUT2D eigenvalue weighted by molar-refractivity contribution is 0.411. The lowest BCUT2D eigenvalue weighted by Crippen LogP contribution is -2.39. The van der Waals surface area contributed by atoms with Crippen molar-refractivity contribution in [3.63, 3.8) is 0 Å². The van der Waals surface area contributed by atoms with Gasteiger partial charge in [0.15, 0.2) is 0 Å². The Bertz CT molecular complexity index is 387. The molecule has 0 aromatic carbocycles. The van der Waals surface area contributed by atoms with E-state index in [0.29, 0.717) is 18.4 Å². The van der Waals surface area contributed by atoms with Gasteiger partial charge in [-0.1, -0.05) is 0 Å². The topological polar surface area (TPSA) is 67.1 Å². The van der Waals surface area contributed by atoms with Crippen LogP contribution in [0.5, 0.6) is 0 Å². The Morgan fingerprint density at radius 3 is 2.61 bits per heavy atom. The van der Waals surface area contributed by atoms with Gasteiger partial charge in [0.05, 0.1) is 0 Å². The highest BCUT2D eigenvalue weighted by Crippen LogP contribution is 2.25. The summed E-state index contributed by atoms with van der Waals surface area (Å²) in [7, 11) is 2.15. The van der Waals surface area contributed by atoms with Gasteiger partial charge in [-0.05, 0) is 39.4 Å². The van der Waals surface area contributed by atoms with E-state index >= 15 is 0 Å². The third kappa shape index (κ3) is 3.17. The standard InChI is InChI=1S/C13H23N5/c1-13(2,9-14)17-12-15-6-11(7-16-12)10-4-5-18(3)8-10/h6-7,10H,4-5,8-9,14H2,1-3H3,(H,15,16,17). The highest BCUT2D eigenvalue weighted by molar-refractivity contribution is 5.30. The van der Waals surface area contributed by atoms with E-state index in [1.165, 1.54) is 12.0 Å². The van der Waals surface area contributed by atoms with Crippen LogP contribution in [-0.2, 0) is 0 Å². The summed E-state index contributed by atoms with van der Waals surface area (Å²) in [5.74, 6) is 1.23. The highest BCUT2D eigenvalue weighted by Gasteiger charge is 2.22. The molecular weight excluding hydrogens is 226 g/mol. The van der Waals surface area contributed by atoms with E-state index in [-0.39, 0.29) is 5.54 Å². The molecule has 0 bridgehead atoms. The Morgan fingerprint density at radius 1 is 1.44 bits per heavy atom. The van der Waals surface area contributed by atoms with Crippen molar-refractivity contribution in [3.8, 4) is 0 Å². The molecule has 2 rings (SSSR count). The smallest absolute Gasteiger partial charge is 0.223 e. The fraction of sp³-hybridized carbons (Fsp3) is 0.692.